The Hall–Kier alpha value is -1.43. The lowest BCUT2D eigenvalue weighted by Crippen LogP contribution is -2.63. The second kappa shape index (κ2) is 10.2. The maximum atomic E-state index is 12.8. The van der Waals surface area contributed by atoms with Gasteiger partial charge in [-0.05, 0) is 84.9 Å². The van der Waals surface area contributed by atoms with Gasteiger partial charge in [-0.15, -0.1) is 0 Å². The summed E-state index contributed by atoms with van der Waals surface area (Å²) in [4.78, 5) is 50.6. The van der Waals surface area contributed by atoms with E-state index in [4.69, 9.17) is 23.7 Å². The molecule has 0 aliphatic carbocycles. The molecule has 1 saturated heterocycles. The van der Waals surface area contributed by atoms with Gasteiger partial charge in [-0.25, -0.2) is 4.79 Å². The number of ether oxygens (including phenoxy) is 5. The van der Waals surface area contributed by atoms with Crippen LogP contribution in [0.1, 0.15) is 62.3 Å². The number of alkyl halides is 1. The fraction of sp³-hybridized carbons (Fsp3) is 0.818. The topological polar surface area (TPSA) is 114 Å². The maximum Gasteiger partial charge on any atom is 0.339 e. The standard InChI is InChI=1S/C22H35IO9/c1-20(2,3)17(25)30-11-12(31-18(26)21(4,5)6)14(16(24)28-10)29-15(23)13(11)32-19(27)22(7,8)9/h11-15H,1-10H3/t11-,12-,13+,14-,15-/m0/s1. The predicted octanol–water partition coefficient (Wildman–Crippen LogP) is 3.19. The zero-order chi connectivity index (χ0) is 25.2. The van der Waals surface area contributed by atoms with E-state index in [1.807, 2.05) is 22.6 Å². The minimum absolute atomic E-state index is 0.568. The van der Waals surface area contributed by atoms with Gasteiger partial charge in [0.05, 0.1) is 23.4 Å². The Balaban J connectivity index is 3.51. The van der Waals surface area contributed by atoms with E-state index in [2.05, 4.69) is 0 Å². The quantitative estimate of drug-likeness (QED) is 0.218. The lowest BCUT2D eigenvalue weighted by Gasteiger charge is -2.43. The van der Waals surface area contributed by atoms with E-state index in [-0.39, 0.29) is 0 Å². The molecule has 10 heteroatoms. The Labute approximate surface area is 203 Å². The minimum Gasteiger partial charge on any atom is -0.467 e. The van der Waals surface area contributed by atoms with Crippen molar-refractivity contribution in [3.63, 3.8) is 0 Å². The largest absolute Gasteiger partial charge is 0.467 e. The highest BCUT2D eigenvalue weighted by Gasteiger charge is 2.55. The van der Waals surface area contributed by atoms with Crippen molar-refractivity contribution in [2.75, 3.05) is 7.11 Å². The van der Waals surface area contributed by atoms with Crippen LogP contribution in [0.25, 0.3) is 0 Å². The summed E-state index contributed by atoms with van der Waals surface area (Å²) in [5.41, 5.74) is -2.68. The van der Waals surface area contributed by atoms with E-state index in [9.17, 15) is 19.2 Å². The summed E-state index contributed by atoms with van der Waals surface area (Å²) in [5.74, 6) is -2.65. The first kappa shape index (κ1) is 28.6. The zero-order valence-corrected chi connectivity index (χ0v) is 22.6. The normalized spacial score (nSPS) is 26.7. The molecule has 0 amide bonds. The fourth-order valence-electron chi connectivity index (χ4n) is 2.39. The van der Waals surface area contributed by atoms with E-state index < -0.39 is 68.6 Å². The molecule has 0 aromatic heterocycles. The SMILES string of the molecule is COC(=O)[C@H]1O[C@H](I)[C@H](OC(=O)C(C)(C)C)[C@@H](OC(=O)C(C)(C)C)[C@@H]1OC(=O)C(C)(C)C. The molecule has 0 aromatic carbocycles. The van der Waals surface area contributed by atoms with Crippen LogP contribution in [-0.4, -0.2) is 59.5 Å². The van der Waals surface area contributed by atoms with Crippen LogP contribution in [0.15, 0.2) is 0 Å². The van der Waals surface area contributed by atoms with E-state index in [1.54, 1.807) is 62.3 Å². The van der Waals surface area contributed by atoms with Gasteiger partial charge in [-0.1, -0.05) is 0 Å². The Morgan fingerprint density at radius 1 is 0.656 bits per heavy atom. The third-order valence-electron chi connectivity index (χ3n) is 4.48. The molecule has 0 radical (unpaired) electrons. The summed E-state index contributed by atoms with van der Waals surface area (Å²) >= 11 is 1.85. The van der Waals surface area contributed by atoms with Crippen molar-refractivity contribution in [2.45, 2.75) is 90.8 Å². The van der Waals surface area contributed by atoms with Crippen LogP contribution in [0.2, 0.25) is 0 Å². The summed E-state index contributed by atoms with van der Waals surface area (Å²) in [5, 5.41) is 0. The molecule has 1 heterocycles. The van der Waals surface area contributed by atoms with Crippen LogP contribution in [0.4, 0.5) is 0 Å². The van der Waals surface area contributed by atoms with Gasteiger partial charge in [0.2, 0.25) is 0 Å². The average molecular weight is 570 g/mol. The van der Waals surface area contributed by atoms with Gasteiger partial charge in [0.15, 0.2) is 28.5 Å². The van der Waals surface area contributed by atoms with E-state index in [0.717, 1.165) is 0 Å². The number of carbonyl (C=O) groups excluding carboxylic acids is 4. The summed E-state index contributed by atoms with van der Waals surface area (Å²) < 4.78 is 26.7. The van der Waals surface area contributed by atoms with Gasteiger partial charge in [0, 0.05) is 0 Å². The van der Waals surface area contributed by atoms with Gasteiger partial charge in [0.1, 0.15) is 0 Å². The second-order valence-corrected chi connectivity index (χ2v) is 12.0. The summed E-state index contributed by atoms with van der Waals surface area (Å²) in [6.07, 6.45) is -5.19. The molecule has 5 atom stereocenters. The Bertz CT molecular complexity index is 727. The molecule has 1 fully saturated rings. The molecule has 0 spiro atoms. The molecule has 0 aromatic rings. The minimum atomic E-state index is -1.38. The van der Waals surface area contributed by atoms with Gasteiger partial charge < -0.3 is 23.7 Å². The summed E-state index contributed by atoms with van der Waals surface area (Å²) in [6.45, 7) is 14.9. The lowest BCUT2D eigenvalue weighted by atomic mass is 9.93. The van der Waals surface area contributed by atoms with Gasteiger partial charge >= 0.3 is 23.9 Å². The Kier molecular flexibility index (Phi) is 9.15. The number of hydrogen-bond donors (Lipinski definition) is 0. The molecule has 0 N–H and O–H groups in total. The van der Waals surface area contributed by atoms with Gasteiger partial charge in [-0.3, -0.25) is 14.4 Å². The number of rotatable bonds is 4. The van der Waals surface area contributed by atoms with Crippen LogP contribution in [0, 0.1) is 16.2 Å². The highest BCUT2D eigenvalue weighted by molar-refractivity contribution is 14.1. The van der Waals surface area contributed by atoms with Crippen molar-refractivity contribution in [2.24, 2.45) is 16.2 Å². The smallest absolute Gasteiger partial charge is 0.339 e. The van der Waals surface area contributed by atoms with Crippen LogP contribution >= 0.6 is 22.6 Å². The van der Waals surface area contributed by atoms with Crippen LogP contribution in [-0.2, 0) is 42.9 Å². The molecular weight excluding hydrogens is 535 g/mol. The van der Waals surface area contributed by atoms with Gasteiger partial charge in [0.25, 0.3) is 0 Å². The van der Waals surface area contributed by atoms with E-state index in [1.165, 1.54) is 7.11 Å². The van der Waals surface area contributed by atoms with Crippen molar-refractivity contribution in [1.29, 1.82) is 0 Å². The van der Waals surface area contributed by atoms with Crippen molar-refractivity contribution in [1.82, 2.24) is 0 Å². The first-order valence-electron chi connectivity index (χ1n) is 10.3. The van der Waals surface area contributed by atoms with E-state index >= 15 is 0 Å². The highest BCUT2D eigenvalue weighted by Crippen LogP contribution is 2.35. The van der Waals surface area contributed by atoms with Crippen molar-refractivity contribution in [3.05, 3.63) is 0 Å². The van der Waals surface area contributed by atoms with Crippen molar-refractivity contribution >= 4 is 46.5 Å². The number of hydrogen-bond acceptors (Lipinski definition) is 9. The Morgan fingerprint density at radius 2 is 1.00 bits per heavy atom. The molecule has 0 saturated carbocycles. The molecular formula is C22H35IO9. The molecule has 0 unspecified atom stereocenters. The van der Waals surface area contributed by atoms with Crippen LogP contribution in [0.5, 0.6) is 0 Å². The molecule has 1 rings (SSSR count). The van der Waals surface area contributed by atoms with Crippen LogP contribution in [0.3, 0.4) is 0 Å². The number of halogens is 1. The predicted molar refractivity (Wildman–Crippen MR) is 123 cm³/mol. The number of carbonyl (C=O) groups is 4. The lowest BCUT2D eigenvalue weighted by molar-refractivity contribution is -0.240. The monoisotopic (exact) mass is 570 g/mol. The molecule has 9 nitrogen and oxygen atoms in total. The molecule has 1 aliphatic heterocycles. The van der Waals surface area contributed by atoms with Crippen molar-refractivity contribution < 1.29 is 42.9 Å². The average Bonchev–Trinajstić information content (AvgIpc) is 2.62. The molecule has 1 aliphatic rings. The first-order chi connectivity index (χ1) is 14.3. The van der Waals surface area contributed by atoms with Crippen LogP contribution < -0.4 is 0 Å². The number of methoxy groups -OCH3 is 1. The summed E-state index contributed by atoms with van der Waals surface area (Å²) in [6, 6.07) is 0. The molecule has 184 valence electrons. The number of esters is 4. The fourth-order valence-corrected chi connectivity index (χ4v) is 3.27. The summed E-state index contributed by atoms with van der Waals surface area (Å²) in [7, 11) is 1.17. The maximum absolute atomic E-state index is 12.8. The van der Waals surface area contributed by atoms with E-state index in [0.29, 0.717) is 0 Å². The Morgan fingerprint density at radius 3 is 1.34 bits per heavy atom. The van der Waals surface area contributed by atoms with Gasteiger partial charge in [-0.2, -0.15) is 0 Å². The molecule has 32 heavy (non-hydrogen) atoms. The third-order valence-corrected chi connectivity index (χ3v) is 5.48. The third kappa shape index (κ3) is 7.29. The highest BCUT2D eigenvalue weighted by atomic mass is 127. The van der Waals surface area contributed by atoms with Crippen molar-refractivity contribution in [3.8, 4) is 0 Å². The first-order valence-corrected chi connectivity index (χ1v) is 11.6. The zero-order valence-electron chi connectivity index (χ0n) is 20.4. The second-order valence-electron chi connectivity index (χ2n) is 10.8. The molecule has 0 bridgehead atoms.